The first-order valence-electron chi connectivity index (χ1n) is 7.84. The van der Waals surface area contributed by atoms with Crippen molar-refractivity contribution in [1.82, 2.24) is 0 Å². The topological polar surface area (TPSA) is 0 Å². The zero-order valence-corrected chi connectivity index (χ0v) is 17.8. The first-order chi connectivity index (χ1) is 11.6. The fourth-order valence-corrected chi connectivity index (χ4v) is 5.59. The molecule has 0 aliphatic heterocycles. The summed E-state index contributed by atoms with van der Waals surface area (Å²) >= 11 is -0.556. The molecule has 24 heavy (non-hydrogen) atoms. The SMILES string of the molecule is C[Si](C)(c1cc2ccccc2[cH-]1)c1cc2ccccc2[cH-]1.[Cl][Ti][Cl]. The predicted molar refractivity (Wildman–Crippen MR) is 108 cm³/mol. The average Bonchev–Trinajstić information content (AvgIpc) is 3.20. The molecule has 4 aromatic rings. The molecule has 0 aliphatic rings. The number of hydrogen-bond donors (Lipinski definition) is 0. The van der Waals surface area contributed by atoms with E-state index < -0.39 is 25.1 Å². The summed E-state index contributed by atoms with van der Waals surface area (Å²) in [5.41, 5.74) is 0. The third kappa shape index (κ3) is 3.56. The molecule has 0 spiro atoms. The molecule has 0 atom stereocenters. The van der Waals surface area contributed by atoms with Gasteiger partial charge in [0.25, 0.3) is 0 Å². The van der Waals surface area contributed by atoms with Crippen molar-refractivity contribution >= 4 is 58.6 Å². The van der Waals surface area contributed by atoms with E-state index in [-0.39, 0.29) is 0 Å². The Kier molecular flexibility index (Phi) is 5.69. The molecular formula is C20H18Cl2SiTi-2. The van der Waals surface area contributed by atoms with E-state index in [1.165, 1.54) is 31.9 Å². The van der Waals surface area contributed by atoms with Crippen molar-refractivity contribution in [2.75, 3.05) is 0 Å². The predicted octanol–water partition coefficient (Wildman–Crippen LogP) is 5.63. The van der Waals surface area contributed by atoms with Crippen molar-refractivity contribution in [3.8, 4) is 0 Å². The molecule has 0 radical (unpaired) electrons. The van der Waals surface area contributed by atoms with Gasteiger partial charge in [0.2, 0.25) is 0 Å². The Balaban J connectivity index is 0.000000526. The third-order valence-corrected chi connectivity index (χ3v) is 8.14. The summed E-state index contributed by atoms with van der Waals surface area (Å²) in [5, 5.41) is 8.51. The third-order valence-electron chi connectivity index (χ3n) is 4.68. The van der Waals surface area contributed by atoms with Crippen LogP contribution in [0.15, 0.2) is 72.8 Å². The van der Waals surface area contributed by atoms with Crippen molar-refractivity contribution < 1.29 is 17.0 Å². The fraction of sp³-hybridized carbons (Fsp3) is 0.100. The van der Waals surface area contributed by atoms with Gasteiger partial charge in [-0.15, -0.1) is 69.7 Å². The quantitative estimate of drug-likeness (QED) is 0.300. The molecule has 0 fully saturated rings. The van der Waals surface area contributed by atoms with Gasteiger partial charge in [0.05, 0.1) is 8.07 Å². The zero-order valence-electron chi connectivity index (χ0n) is 13.7. The normalized spacial score (nSPS) is 11.3. The molecule has 0 unspecified atom stereocenters. The van der Waals surface area contributed by atoms with E-state index in [9.17, 15) is 0 Å². The van der Waals surface area contributed by atoms with E-state index in [1.54, 1.807) is 0 Å². The van der Waals surface area contributed by atoms with E-state index in [1.807, 2.05) is 0 Å². The molecule has 0 bridgehead atoms. The summed E-state index contributed by atoms with van der Waals surface area (Å²) in [5.74, 6) is 0. The molecule has 0 nitrogen and oxygen atoms in total. The number of halogens is 2. The number of fused-ring (bicyclic) bond motifs is 2. The maximum atomic E-state index is 4.89. The number of hydrogen-bond acceptors (Lipinski definition) is 0. The Hall–Kier alpha value is -0.829. The molecule has 4 aromatic carbocycles. The molecular weight excluding hydrogens is 387 g/mol. The van der Waals surface area contributed by atoms with Crippen molar-refractivity contribution in [3.63, 3.8) is 0 Å². The summed E-state index contributed by atoms with van der Waals surface area (Å²) in [6.07, 6.45) is 0. The number of benzene rings is 2. The average molecular weight is 405 g/mol. The van der Waals surface area contributed by atoms with Gasteiger partial charge in [0.1, 0.15) is 0 Å². The fourth-order valence-electron chi connectivity index (χ4n) is 3.19. The molecule has 0 N–H and O–H groups in total. The molecule has 0 amide bonds. The van der Waals surface area contributed by atoms with Gasteiger partial charge in [-0.2, -0.15) is 22.9 Å². The van der Waals surface area contributed by atoms with E-state index in [0.717, 1.165) is 0 Å². The minimum atomic E-state index is -1.62. The van der Waals surface area contributed by atoms with Crippen LogP contribution < -0.4 is 10.4 Å². The van der Waals surface area contributed by atoms with Gasteiger partial charge in [0.15, 0.2) is 0 Å². The van der Waals surface area contributed by atoms with E-state index >= 15 is 0 Å². The van der Waals surface area contributed by atoms with Crippen LogP contribution in [0.1, 0.15) is 0 Å². The minimum absolute atomic E-state index is 0.556. The van der Waals surface area contributed by atoms with E-state index in [4.69, 9.17) is 18.6 Å². The second-order valence-corrected chi connectivity index (χ2v) is 13.4. The van der Waals surface area contributed by atoms with Crippen LogP contribution in [-0.2, 0) is 17.0 Å². The van der Waals surface area contributed by atoms with Crippen molar-refractivity contribution in [2.24, 2.45) is 0 Å². The van der Waals surface area contributed by atoms with Crippen LogP contribution in [0.4, 0.5) is 0 Å². The van der Waals surface area contributed by atoms with Crippen molar-refractivity contribution in [3.05, 3.63) is 72.8 Å². The van der Waals surface area contributed by atoms with Crippen LogP contribution in [0.25, 0.3) is 21.5 Å². The van der Waals surface area contributed by atoms with Crippen LogP contribution in [0.5, 0.6) is 0 Å². The van der Waals surface area contributed by atoms with Crippen LogP contribution in [0.2, 0.25) is 13.1 Å². The first-order valence-corrected chi connectivity index (χ1v) is 15.1. The summed E-state index contributed by atoms with van der Waals surface area (Å²) in [6.45, 7) is 4.91. The van der Waals surface area contributed by atoms with Gasteiger partial charge in [-0.05, 0) is 0 Å². The van der Waals surface area contributed by atoms with Gasteiger partial charge in [-0.25, -0.2) is 0 Å². The Morgan fingerprint density at radius 3 is 1.50 bits per heavy atom. The monoisotopic (exact) mass is 404 g/mol. The Bertz CT molecular complexity index is 810. The Labute approximate surface area is 160 Å². The molecule has 0 saturated carbocycles. The number of rotatable bonds is 2. The second-order valence-electron chi connectivity index (χ2n) is 6.44. The molecule has 4 rings (SSSR count). The standard InChI is InChI=1S/C20H18Si.2ClH.Ti/c1-21(2,19-11-15-7-3-4-8-16(15)12-19)20-13-17-9-5-6-10-18(17)14-20;;;/h3-14H,1-2H3;2*1H;/q-2;;;+2/p-2. The summed E-state index contributed by atoms with van der Waals surface area (Å²) in [7, 11) is 8.16. The van der Waals surface area contributed by atoms with Gasteiger partial charge < -0.3 is 0 Å². The van der Waals surface area contributed by atoms with Crippen LogP contribution in [0, 0.1) is 0 Å². The molecule has 0 aliphatic carbocycles. The Morgan fingerprint density at radius 1 is 0.750 bits per heavy atom. The van der Waals surface area contributed by atoms with Gasteiger partial charge in [0, 0.05) is 0 Å². The summed E-state index contributed by atoms with van der Waals surface area (Å²) in [6, 6.07) is 26.9. The Morgan fingerprint density at radius 2 is 1.12 bits per heavy atom. The molecule has 0 heterocycles. The van der Waals surface area contributed by atoms with Gasteiger partial charge in [-0.3, -0.25) is 0 Å². The van der Waals surface area contributed by atoms with Crippen molar-refractivity contribution in [1.29, 1.82) is 0 Å². The van der Waals surface area contributed by atoms with Gasteiger partial charge in [-0.1, -0.05) is 25.2 Å². The molecule has 4 heteroatoms. The van der Waals surface area contributed by atoms with Crippen LogP contribution in [-0.4, -0.2) is 8.07 Å². The van der Waals surface area contributed by atoms with Crippen molar-refractivity contribution in [2.45, 2.75) is 13.1 Å². The van der Waals surface area contributed by atoms with Crippen LogP contribution >= 0.6 is 18.6 Å². The molecule has 0 aromatic heterocycles. The summed E-state index contributed by atoms with van der Waals surface area (Å²) < 4.78 is 0. The van der Waals surface area contributed by atoms with Crippen LogP contribution in [0.3, 0.4) is 0 Å². The van der Waals surface area contributed by atoms with E-state index in [2.05, 4.69) is 85.9 Å². The van der Waals surface area contributed by atoms with E-state index in [0.29, 0.717) is 0 Å². The van der Waals surface area contributed by atoms with Gasteiger partial charge >= 0.3 is 35.6 Å². The second kappa shape index (κ2) is 7.60. The first kappa shape index (κ1) is 18.0. The molecule has 122 valence electrons. The zero-order chi connectivity index (χ0) is 17.2. The summed E-state index contributed by atoms with van der Waals surface area (Å²) in [4.78, 5) is 0. The molecule has 0 saturated heterocycles. The maximum absolute atomic E-state index is 4.89.